The molecule has 0 bridgehead atoms. The summed E-state index contributed by atoms with van der Waals surface area (Å²) in [6.45, 7) is 0.565. The summed E-state index contributed by atoms with van der Waals surface area (Å²) in [4.78, 5) is 17.8. The zero-order valence-electron chi connectivity index (χ0n) is 12.1. The molecule has 0 spiro atoms. The molecular weight excluding hydrogens is 287 g/mol. The van der Waals surface area contributed by atoms with Crippen LogP contribution >= 0.6 is 0 Å². The van der Waals surface area contributed by atoms with Crippen LogP contribution in [0, 0.1) is 5.92 Å². The quantitative estimate of drug-likeness (QED) is 0.870. The number of rotatable bonds is 4. The highest BCUT2D eigenvalue weighted by molar-refractivity contribution is 5.81. The highest BCUT2D eigenvalue weighted by Gasteiger charge is 2.41. The van der Waals surface area contributed by atoms with Gasteiger partial charge in [0.2, 0.25) is 11.8 Å². The Hall–Kier alpha value is -1.95. The average Bonchev–Trinajstić information content (AvgIpc) is 3.18. The second-order valence-electron chi connectivity index (χ2n) is 5.96. The van der Waals surface area contributed by atoms with E-state index in [0.717, 1.165) is 18.4 Å². The van der Waals surface area contributed by atoms with E-state index in [1.54, 1.807) is 4.90 Å². The van der Waals surface area contributed by atoms with Gasteiger partial charge < -0.3 is 14.1 Å². The Morgan fingerprint density at radius 1 is 1.36 bits per heavy atom. The van der Waals surface area contributed by atoms with Gasteiger partial charge in [0.1, 0.15) is 24.4 Å². The minimum Gasteiger partial charge on any atom is -0.438 e. The summed E-state index contributed by atoms with van der Waals surface area (Å²) in [5, 5.41) is 0. The van der Waals surface area contributed by atoms with E-state index in [1.807, 2.05) is 24.3 Å². The first-order valence-corrected chi connectivity index (χ1v) is 7.59. The number of amides is 1. The summed E-state index contributed by atoms with van der Waals surface area (Å²) >= 11 is 0. The lowest BCUT2D eigenvalue weighted by Crippen LogP contribution is -2.31. The van der Waals surface area contributed by atoms with Gasteiger partial charge in [-0.25, -0.2) is 9.37 Å². The second kappa shape index (κ2) is 5.35. The second-order valence-corrected chi connectivity index (χ2v) is 5.96. The van der Waals surface area contributed by atoms with Crippen LogP contribution in [0.25, 0.3) is 11.1 Å². The number of fused-ring (bicyclic) bond motifs is 1. The van der Waals surface area contributed by atoms with Gasteiger partial charge in [0.05, 0.1) is 6.54 Å². The number of benzene rings is 1. The number of nitrogens with zero attached hydrogens (tertiary/aromatic N) is 2. The molecule has 116 valence electrons. The van der Waals surface area contributed by atoms with Crippen molar-refractivity contribution in [3.05, 3.63) is 30.2 Å². The van der Waals surface area contributed by atoms with Gasteiger partial charge >= 0.3 is 0 Å². The van der Waals surface area contributed by atoms with Crippen molar-refractivity contribution in [2.75, 3.05) is 13.1 Å². The van der Waals surface area contributed by atoms with Crippen molar-refractivity contribution in [3.63, 3.8) is 0 Å². The van der Waals surface area contributed by atoms with Crippen molar-refractivity contribution in [2.24, 2.45) is 5.92 Å². The van der Waals surface area contributed by atoms with Gasteiger partial charge in [0.25, 0.3) is 0 Å². The van der Waals surface area contributed by atoms with Crippen molar-refractivity contribution in [2.45, 2.75) is 31.7 Å². The van der Waals surface area contributed by atoms with Crippen LogP contribution in [0.3, 0.4) is 0 Å². The van der Waals surface area contributed by atoms with Crippen molar-refractivity contribution in [1.82, 2.24) is 9.88 Å². The van der Waals surface area contributed by atoms with E-state index in [-0.39, 0.29) is 25.0 Å². The lowest BCUT2D eigenvalue weighted by atomic mass is 10.3. The molecule has 2 aromatic rings. The molecule has 6 heteroatoms. The molecule has 2 unspecified atom stereocenters. The number of alkyl halides is 1. The van der Waals surface area contributed by atoms with Crippen LogP contribution in [0.5, 0.6) is 0 Å². The topological polar surface area (TPSA) is 55.6 Å². The fourth-order valence-electron chi connectivity index (χ4n) is 2.82. The van der Waals surface area contributed by atoms with Crippen LogP contribution in [-0.2, 0) is 16.1 Å². The number of carbonyl (C=O) groups is 1. The van der Waals surface area contributed by atoms with Crippen LogP contribution in [0.2, 0.25) is 0 Å². The zero-order valence-corrected chi connectivity index (χ0v) is 12.1. The van der Waals surface area contributed by atoms with Gasteiger partial charge in [0, 0.05) is 12.5 Å². The molecule has 4 rings (SSSR count). The van der Waals surface area contributed by atoms with E-state index in [9.17, 15) is 9.18 Å². The Morgan fingerprint density at radius 2 is 2.18 bits per heavy atom. The van der Waals surface area contributed by atoms with Gasteiger partial charge in [-0.1, -0.05) is 12.1 Å². The first-order valence-electron chi connectivity index (χ1n) is 7.59. The van der Waals surface area contributed by atoms with E-state index < -0.39 is 12.3 Å². The van der Waals surface area contributed by atoms with Crippen LogP contribution in [0.15, 0.2) is 28.7 Å². The predicted octanol–water partition coefficient (Wildman–Crippen LogP) is 2.30. The number of hydrogen-bond donors (Lipinski definition) is 0. The molecule has 1 saturated carbocycles. The average molecular weight is 304 g/mol. The van der Waals surface area contributed by atoms with Crippen LogP contribution in [0.1, 0.15) is 18.7 Å². The molecule has 2 aliphatic rings. The fourth-order valence-corrected chi connectivity index (χ4v) is 2.82. The molecule has 0 N–H and O–H groups in total. The van der Waals surface area contributed by atoms with E-state index in [4.69, 9.17) is 9.15 Å². The van der Waals surface area contributed by atoms with Gasteiger partial charge in [-0.2, -0.15) is 0 Å². The van der Waals surface area contributed by atoms with E-state index in [2.05, 4.69) is 4.98 Å². The first-order chi connectivity index (χ1) is 10.7. The van der Waals surface area contributed by atoms with E-state index in [1.165, 1.54) is 0 Å². The highest BCUT2D eigenvalue weighted by Crippen LogP contribution is 2.33. The predicted molar refractivity (Wildman–Crippen MR) is 76.8 cm³/mol. The largest absolute Gasteiger partial charge is 0.438 e. The summed E-state index contributed by atoms with van der Waals surface area (Å²) < 4.78 is 25.2. The molecule has 1 aromatic heterocycles. The monoisotopic (exact) mass is 304 g/mol. The molecule has 22 heavy (non-hydrogen) atoms. The maximum Gasteiger partial charge on any atom is 0.225 e. The Balaban J connectivity index is 1.37. The zero-order chi connectivity index (χ0) is 15.1. The van der Waals surface area contributed by atoms with Gasteiger partial charge in [-0.3, -0.25) is 4.79 Å². The van der Waals surface area contributed by atoms with E-state index in [0.29, 0.717) is 18.0 Å². The molecule has 2 atom stereocenters. The number of aromatic nitrogens is 1. The third kappa shape index (κ3) is 2.59. The van der Waals surface area contributed by atoms with Crippen LogP contribution in [-0.4, -0.2) is 41.2 Å². The summed E-state index contributed by atoms with van der Waals surface area (Å²) in [5.41, 5.74) is 1.45. The molecular formula is C16H17FN2O3. The summed E-state index contributed by atoms with van der Waals surface area (Å²) in [5.74, 6) is 0.610. The van der Waals surface area contributed by atoms with Crippen molar-refractivity contribution in [3.8, 4) is 0 Å². The van der Waals surface area contributed by atoms with Gasteiger partial charge in [0.15, 0.2) is 5.58 Å². The summed E-state index contributed by atoms with van der Waals surface area (Å²) in [6, 6.07) is 7.43. The number of carbonyl (C=O) groups excluding carboxylic acids is 1. The lowest BCUT2D eigenvalue weighted by Gasteiger charge is -2.15. The maximum absolute atomic E-state index is 14.0. The standard InChI is InChI=1S/C16H17FN2O3/c17-11-7-19(16(20)10-5-6-10)8-14(11)21-9-15-18-12-3-1-2-4-13(12)22-15/h1-4,10-11,14H,5-9H2. The number of hydrogen-bond acceptors (Lipinski definition) is 4. The molecule has 2 fully saturated rings. The molecule has 0 radical (unpaired) electrons. The molecule has 1 aromatic carbocycles. The van der Waals surface area contributed by atoms with Crippen LogP contribution < -0.4 is 0 Å². The number of para-hydroxylation sites is 2. The Labute approximate surface area is 127 Å². The lowest BCUT2D eigenvalue weighted by molar-refractivity contribution is -0.132. The van der Waals surface area contributed by atoms with Gasteiger partial charge in [-0.15, -0.1) is 0 Å². The Bertz CT molecular complexity index is 665. The Kier molecular flexibility index (Phi) is 3.33. The fraction of sp³-hybridized carbons (Fsp3) is 0.500. The smallest absolute Gasteiger partial charge is 0.225 e. The van der Waals surface area contributed by atoms with Crippen molar-refractivity contribution >= 4 is 17.0 Å². The maximum atomic E-state index is 14.0. The van der Waals surface area contributed by atoms with Crippen LogP contribution in [0.4, 0.5) is 4.39 Å². The minimum absolute atomic E-state index is 0.0654. The Morgan fingerprint density at radius 3 is 2.95 bits per heavy atom. The molecule has 5 nitrogen and oxygen atoms in total. The summed E-state index contributed by atoms with van der Waals surface area (Å²) in [6.07, 6.45) is 0.117. The SMILES string of the molecule is O=C(C1CC1)N1CC(F)C(OCc2nc3ccccc3o2)C1. The van der Waals surface area contributed by atoms with Gasteiger partial charge in [-0.05, 0) is 25.0 Å². The molecule has 1 aliphatic carbocycles. The minimum atomic E-state index is -1.15. The van der Waals surface area contributed by atoms with Crippen molar-refractivity contribution in [1.29, 1.82) is 0 Å². The number of likely N-dealkylation sites (tertiary alicyclic amines) is 1. The number of halogens is 1. The number of oxazole rings is 1. The molecule has 2 heterocycles. The molecule has 1 aliphatic heterocycles. The third-order valence-electron chi connectivity index (χ3n) is 4.20. The highest BCUT2D eigenvalue weighted by atomic mass is 19.1. The third-order valence-corrected chi connectivity index (χ3v) is 4.20. The summed E-state index contributed by atoms with van der Waals surface area (Å²) in [7, 11) is 0. The first kappa shape index (κ1) is 13.7. The van der Waals surface area contributed by atoms with E-state index >= 15 is 0 Å². The molecule has 1 saturated heterocycles. The molecule has 1 amide bonds. The normalized spacial score (nSPS) is 25.0. The van der Waals surface area contributed by atoms with Crippen molar-refractivity contribution < 1.29 is 18.3 Å². The number of ether oxygens (including phenoxy) is 1.